The van der Waals surface area contributed by atoms with Crippen molar-refractivity contribution < 1.29 is 4.79 Å². The number of benzene rings is 1. The molecule has 0 atom stereocenters. The molecule has 0 aromatic heterocycles. The van der Waals surface area contributed by atoms with Crippen LogP contribution in [0.3, 0.4) is 0 Å². The predicted octanol–water partition coefficient (Wildman–Crippen LogP) is 3.59. The summed E-state index contributed by atoms with van der Waals surface area (Å²) < 4.78 is 0. The summed E-state index contributed by atoms with van der Waals surface area (Å²) in [5.41, 5.74) is 2.10. The molecule has 18 heavy (non-hydrogen) atoms. The molecule has 1 aromatic rings. The minimum atomic E-state index is 0.0167. The lowest BCUT2D eigenvalue weighted by molar-refractivity contribution is 0.0940. The summed E-state index contributed by atoms with van der Waals surface area (Å²) in [6.45, 7) is 5.25. The third kappa shape index (κ3) is 2.86. The summed E-state index contributed by atoms with van der Waals surface area (Å²) in [5, 5.41) is 3.05. The van der Waals surface area contributed by atoms with Gasteiger partial charge in [0, 0.05) is 18.0 Å². The van der Waals surface area contributed by atoms with E-state index in [0.717, 1.165) is 12.1 Å². The van der Waals surface area contributed by atoms with Crippen LogP contribution in [0, 0.1) is 11.3 Å². The maximum Gasteiger partial charge on any atom is 0.251 e. The van der Waals surface area contributed by atoms with Gasteiger partial charge in [-0.3, -0.25) is 4.79 Å². The number of alkyl halides is 1. The number of hydrogen-bond donors (Lipinski definition) is 1. The van der Waals surface area contributed by atoms with E-state index in [1.807, 2.05) is 24.3 Å². The normalized spacial score (nSPS) is 16.7. The van der Waals surface area contributed by atoms with E-state index in [-0.39, 0.29) is 5.91 Å². The molecular formula is C15H20ClNO. The second kappa shape index (κ2) is 5.31. The molecule has 3 heteroatoms. The summed E-state index contributed by atoms with van der Waals surface area (Å²) in [4.78, 5) is 12.0. The molecule has 0 radical (unpaired) electrons. The van der Waals surface area contributed by atoms with Crippen LogP contribution < -0.4 is 5.32 Å². The van der Waals surface area contributed by atoms with Gasteiger partial charge in [-0.05, 0) is 41.9 Å². The highest BCUT2D eigenvalue weighted by Crippen LogP contribution is 2.51. The number of carbonyl (C=O) groups is 1. The molecule has 1 amide bonds. The van der Waals surface area contributed by atoms with Crippen molar-refractivity contribution in [3.8, 4) is 0 Å². The zero-order valence-electron chi connectivity index (χ0n) is 11.0. The van der Waals surface area contributed by atoms with Crippen LogP contribution in [-0.4, -0.2) is 12.5 Å². The number of hydrogen-bond acceptors (Lipinski definition) is 1. The van der Waals surface area contributed by atoms with E-state index < -0.39 is 0 Å². The van der Waals surface area contributed by atoms with Crippen molar-refractivity contribution in [3.05, 3.63) is 35.4 Å². The van der Waals surface area contributed by atoms with Crippen LogP contribution in [0.15, 0.2) is 24.3 Å². The Balaban J connectivity index is 1.91. The molecule has 0 unspecified atom stereocenters. The Hall–Kier alpha value is -1.02. The molecule has 0 heterocycles. The predicted molar refractivity (Wildman–Crippen MR) is 74.8 cm³/mol. The third-order valence-corrected chi connectivity index (χ3v) is 4.40. The topological polar surface area (TPSA) is 29.1 Å². The number of rotatable bonds is 5. The molecule has 0 spiro atoms. The quantitative estimate of drug-likeness (QED) is 0.810. The molecule has 0 saturated heterocycles. The molecule has 2 nitrogen and oxygen atoms in total. The lowest BCUT2D eigenvalue weighted by Gasteiger charge is -2.20. The summed E-state index contributed by atoms with van der Waals surface area (Å²) in [6, 6.07) is 7.47. The minimum absolute atomic E-state index is 0.0167. The van der Waals surface area contributed by atoms with E-state index >= 15 is 0 Å². The van der Waals surface area contributed by atoms with Gasteiger partial charge in [0.2, 0.25) is 0 Å². The highest BCUT2D eigenvalue weighted by molar-refractivity contribution is 6.17. The Morgan fingerprint density at radius 3 is 2.39 bits per heavy atom. The molecule has 0 bridgehead atoms. The van der Waals surface area contributed by atoms with Crippen molar-refractivity contribution in [3.63, 3.8) is 0 Å². The molecule has 1 saturated carbocycles. The molecular weight excluding hydrogens is 246 g/mol. The van der Waals surface area contributed by atoms with Gasteiger partial charge in [0.25, 0.3) is 5.91 Å². The third-order valence-electron chi connectivity index (χ3n) is 4.09. The molecule has 0 aliphatic heterocycles. The Kier molecular flexibility index (Phi) is 3.96. The molecule has 98 valence electrons. The van der Waals surface area contributed by atoms with Gasteiger partial charge in [-0.25, -0.2) is 0 Å². The van der Waals surface area contributed by atoms with E-state index in [2.05, 4.69) is 19.2 Å². The fraction of sp³-hybridized carbons (Fsp3) is 0.533. The average molecular weight is 266 g/mol. The van der Waals surface area contributed by atoms with E-state index in [9.17, 15) is 4.79 Å². The summed E-state index contributed by atoms with van der Waals surface area (Å²) in [6.07, 6.45) is 2.46. The molecule has 1 aliphatic rings. The second-order valence-electron chi connectivity index (χ2n) is 5.53. The van der Waals surface area contributed by atoms with Crippen molar-refractivity contribution in [1.29, 1.82) is 0 Å². The van der Waals surface area contributed by atoms with Crippen LogP contribution in [0.25, 0.3) is 0 Å². The lowest BCUT2D eigenvalue weighted by atomic mass is 9.92. The van der Waals surface area contributed by atoms with Crippen LogP contribution in [0.4, 0.5) is 0 Å². The fourth-order valence-corrected chi connectivity index (χ4v) is 2.40. The summed E-state index contributed by atoms with van der Waals surface area (Å²) in [7, 11) is 0. The first-order valence-electron chi connectivity index (χ1n) is 6.50. The Labute approximate surface area is 114 Å². The van der Waals surface area contributed by atoms with Gasteiger partial charge in [0.1, 0.15) is 0 Å². The number of carbonyl (C=O) groups excluding carboxylic acids is 1. The fourth-order valence-electron chi connectivity index (χ4n) is 2.22. The maximum atomic E-state index is 12.0. The van der Waals surface area contributed by atoms with E-state index in [4.69, 9.17) is 11.6 Å². The van der Waals surface area contributed by atoms with Gasteiger partial charge in [0.15, 0.2) is 0 Å². The highest BCUT2D eigenvalue weighted by Gasteiger charge is 2.45. The van der Waals surface area contributed by atoms with Gasteiger partial charge in [-0.1, -0.05) is 26.0 Å². The van der Waals surface area contributed by atoms with Gasteiger partial charge in [-0.15, -0.1) is 11.6 Å². The molecule has 1 aromatic carbocycles. The first-order valence-corrected chi connectivity index (χ1v) is 7.04. The lowest BCUT2D eigenvalue weighted by Crippen LogP contribution is -2.32. The van der Waals surface area contributed by atoms with E-state index in [1.54, 1.807) is 0 Å². The van der Waals surface area contributed by atoms with Crippen LogP contribution in [0.5, 0.6) is 0 Å². The zero-order chi connectivity index (χ0) is 13.2. The van der Waals surface area contributed by atoms with Crippen LogP contribution in [0.2, 0.25) is 0 Å². The van der Waals surface area contributed by atoms with Crippen molar-refractivity contribution >= 4 is 17.5 Å². The summed E-state index contributed by atoms with van der Waals surface area (Å²) in [5.74, 6) is 1.14. The summed E-state index contributed by atoms with van der Waals surface area (Å²) >= 11 is 5.72. The van der Waals surface area contributed by atoms with Crippen LogP contribution in [-0.2, 0) is 5.88 Å². The minimum Gasteiger partial charge on any atom is -0.351 e. The van der Waals surface area contributed by atoms with Crippen molar-refractivity contribution in [2.75, 3.05) is 6.54 Å². The van der Waals surface area contributed by atoms with Gasteiger partial charge >= 0.3 is 0 Å². The molecule has 2 rings (SSSR count). The Morgan fingerprint density at radius 1 is 1.33 bits per heavy atom. The van der Waals surface area contributed by atoms with Crippen molar-refractivity contribution in [2.24, 2.45) is 11.3 Å². The highest BCUT2D eigenvalue weighted by atomic mass is 35.5. The van der Waals surface area contributed by atoms with Gasteiger partial charge in [0.05, 0.1) is 0 Å². The van der Waals surface area contributed by atoms with Crippen molar-refractivity contribution in [1.82, 2.24) is 5.32 Å². The van der Waals surface area contributed by atoms with Crippen molar-refractivity contribution in [2.45, 2.75) is 32.6 Å². The van der Waals surface area contributed by atoms with Gasteiger partial charge < -0.3 is 5.32 Å². The SMILES string of the molecule is CC(C)C1(CNC(=O)c2ccc(CCl)cc2)CC1. The first kappa shape index (κ1) is 13.4. The van der Waals surface area contributed by atoms with Crippen LogP contribution in [0.1, 0.15) is 42.6 Å². The smallest absolute Gasteiger partial charge is 0.251 e. The first-order chi connectivity index (χ1) is 8.57. The molecule has 1 aliphatic carbocycles. The van der Waals surface area contributed by atoms with E-state index in [0.29, 0.717) is 22.8 Å². The second-order valence-corrected chi connectivity index (χ2v) is 5.80. The molecule has 1 fully saturated rings. The Morgan fingerprint density at radius 2 is 1.94 bits per heavy atom. The van der Waals surface area contributed by atoms with E-state index in [1.165, 1.54) is 12.8 Å². The Bertz CT molecular complexity index is 421. The zero-order valence-corrected chi connectivity index (χ0v) is 11.8. The molecule has 1 N–H and O–H groups in total. The van der Waals surface area contributed by atoms with Crippen LogP contribution >= 0.6 is 11.6 Å². The number of halogens is 1. The maximum absolute atomic E-state index is 12.0. The number of amides is 1. The number of nitrogens with one attached hydrogen (secondary N) is 1. The largest absolute Gasteiger partial charge is 0.351 e. The monoisotopic (exact) mass is 265 g/mol. The van der Waals surface area contributed by atoms with Gasteiger partial charge in [-0.2, -0.15) is 0 Å². The standard InChI is InChI=1S/C15H20ClNO/c1-11(2)15(7-8-15)10-17-14(18)13-5-3-12(9-16)4-6-13/h3-6,11H,7-10H2,1-2H3,(H,17,18). The average Bonchev–Trinajstić information content (AvgIpc) is 3.17.